The molecule has 4 nitrogen and oxygen atoms in total. The van der Waals surface area contributed by atoms with E-state index in [9.17, 15) is 0 Å². The Morgan fingerprint density at radius 3 is 3.05 bits per heavy atom. The number of hydrogen-bond donors (Lipinski definition) is 2. The number of ether oxygens (including phenoxy) is 1. The predicted molar refractivity (Wildman–Crippen MR) is 81.2 cm³/mol. The maximum Gasteiger partial charge on any atom is 0.142 e. The molecule has 0 fully saturated rings. The zero-order chi connectivity index (χ0) is 13.9. The second-order valence-corrected chi connectivity index (χ2v) is 4.77. The van der Waals surface area contributed by atoms with Crippen molar-refractivity contribution in [1.29, 1.82) is 0 Å². The topological polar surface area (TPSA) is 49.9 Å². The number of anilines is 1. The van der Waals surface area contributed by atoms with E-state index in [0.717, 1.165) is 29.0 Å². The molecule has 0 atom stereocenters. The van der Waals surface area contributed by atoms with Crippen LogP contribution in [0.1, 0.15) is 11.1 Å². The molecular formula is C16H17N3O. The van der Waals surface area contributed by atoms with Crippen molar-refractivity contribution in [2.24, 2.45) is 0 Å². The lowest BCUT2D eigenvalue weighted by atomic mass is 10.2. The largest absolute Gasteiger partial charge is 0.495 e. The standard InChI is InChI=1S/C16H17N3O/c1-11-5-6-14(15(8-11)20-2)18-9-12-10-19-16-13(12)4-3-7-17-16/h3-8,10,18H,9H2,1-2H3,(H,17,19). The molecule has 3 rings (SSSR count). The van der Waals surface area contributed by atoms with Gasteiger partial charge in [-0.15, -0.1) is 0 Å². The fraction of sp³-hybridized carbons (Fsp3) is 0.188. The van der Waals surface area contributed by atoms with Crippen molar-refractivity contribution in [3.63, 3.8) is 0 Å². The maximum absolute atomic E-state index is 5.40. The van der Waals surface area contributed by atoms with Crippen molar-refractivity contribution in [2.75, 3.05) is 12.4 Å². The number of nitrogens with zero attached hydrogens (tertiary/aromatic N) is 1. The first-order valence-electron chi connectivity index (χ1n) is 6.57. The summed E-state index contributed by atoms with van der Waals surface area (Å²) in [6.45, 7) is 2.78. The first-order valence-corrected chi connectivity index (χ1v) is 6.57. The van der Waals surface area contributed by atoms with Gasteiger partial charge in [-0.2, -0.15) is 0 Å². The van der Waals surface area contributed by atoms with E-state index in [1.807, 2.05) is 24.4 Å². The Labute approximate surface area is 117 Å². The van der Waals surface area contributed by atoms with Gasteiger partial charge in [0.25, 0.3) is 0 Å². The number of aromatic nitrogens is 2. The number of methoxy groups -OCH3 is 1. The molecule has 2 aromatic heterocycles. The van der Waals surface area contributed by atoms with Crippen molar-refractivity contribution >= 4 is 16.7 Å². The van der Waals surface area contributed by atoms with E-state index in [1.54, 1.807) is 13.3 Å². The molecule has 0 aliphatic carbocycles. The molecule has 2 heterocycles. The van der Waals surface area contributed by atoms with Gasteiger partial charge in [-0.1, -0.05) is 6.07 Å². The molecule has 0 bridgehead atoms. The molecule has 0 aliphatic rings. The lowest BCUT2D eigenvalue weighted by molar-refractivity contribution is 0.416. The van der Waals surface area contributed by atoms with Crippen LogP contribution >= 0.6 is 0 Å². The summed E-state index contributed by atoms with van der Waals surface area (Å²) in [6.07, 6.45) is 3.78. The molecule has 102 valence electrons. The number of aryl methyl sites for hydroxylation is 1. The quantitative estimate of drug-likeness (QED) is 0.760. The Bertz CT molecular complexity index is 733. The van der Waals surface area contributed by atoms with E-state index in [0.29, 0.717) is 0 Å². The lowest BCUT2D eigenvalue weighted by Gasteiger charge is -2.11. The minimum atomic E-state index is 0.727. The van der Waals surface area contributed by atoms with Crippen molar-refractivity contribution in [1.82, 2.24) is 9.97 Å². The molecule has 2 N–H and O–H groups in total. The van der Waals surface area contributed by atoms with Crippen molar-refractivity contribution in [2.45, 2.75) is 13.5 Å². The molecule has 0 aliphatic heterocycles. The summed E-state index contributed by atoms with van der Waals surface area (Å²) in [4.78, 5) is 7.47. The van der Waals surface area contributed by atoms with Crippen LogP contribution in [0.2, 0.25) is 0 Å². The number of nitrogens with one attached hydrogen (secondary N) is 2. The third kappa shape index (κ3) is 2.32. The number of rotatable bonds is 4. The monoisotopic (exact) mass is 267 g/mol. The number of fused-ring (bicyclic) bond motifs is 1. The fourth-order valence-corrected chi connectivity index (χ4v) is 2.29. The lowest BCUT2D eigenvalue weighted by Crippen LogP contribution is -2.01. The van der Waals surface area contributed by atoms with E-state index < -0.39 is 0 Å². The second kappa shape index (κ2) is 5.25. The number of hydrogen-bond acceptors (Lipinski definition) is 3. The third-order valence-corrected chi connectivity index (χ3v) is 3.36. The Morgan fingerprint density at radius 1 is 1.30 bits per heavy atom. The summed E-state index contributed by atoms with van der Waals surface area (Å²) >= 11 is 0. The number of aromatic amines is 1. The highest BCUT2D eigenvalue weighted by molar-refractivity contribution is 5.79. The van der Waals surface area contributed by atoms with Crippen LogP contribution in [0, 0.1) is 6.92 Å². The third-order valence-electron chi connectivity index (χ3n) is 3.36. The Balaban J connectivity index is 1.83. The average Bonchev–Trinajstić information content (AvgIpc) is 2.89. The SMILES string of the molecule is COc1cc(C)ccc1NCc1c[nH]c2ncccc12. The van der Waals surface area contributed by atoms with Crippen molar-refractivity contribution < 1.29 is 4.74 Å². The minimum Gasteiger partial charge on any atom is -0.495 e. The fourth-order valence-electron chi connectivity index (χ4n) is 2.29. The van der Waals surface area contributed by atoms with Crippen LogP contribution in [-0.2, 0) is 6.54 Å². The molecule has 0 spiro atoms. The highest BCUT2D eigenvalue weighted by Gasteiger charge is 2.06. The first-order chi connectivity index (χ1) is 9.78. The van der Waals surface area contributed by atoms with Crippen LogP contribution in [0.3, 0.4) is 0 Å². The van der Waals surface area contributed by atoms with Gasteiger partial charge in [-0.05, 0) is 42.3 Å². The molecule has 0 amide bonds. The highest BCUT2D eigenvalue weighted by atomic mass is 16.5. The van der Waals surface area contributed by atoms with E-state index in [-0.39, 0.29) is 0 Å². The summed E-state index contributed by atoms with van der Waals surface area (Å²) < 4.78 is 5.40. The second-order valence-electron chi connectivity index (χ2n) is 4.77. The molecule has 0 unspecified atom stereocenters. The molecule has 4 heteroatoms. The van der Waals surface area contributed by atoms with Crippen LogP contribution in [-0.4, -0.2) is 17.1 Å². The average molecular weight is 267 g/mol. The molecule has 0 radical (unpaired) electrons. The molecule has 0 saturated carbocycles. The van der Waals surface area contributed by atoms with E-state index in [1.165, 1.54) is 11.1 Å². The summed E-state index contributed by atoms with van der Waals surface area (Å²) in [7, 11) is 1.69. The number of H-pyrrole nitrogens is 1. The Hall–Kier alpha value is -2.49. The zero-order valence-corrected chi connectivity index (χ0v) is 11.6. The van der Waals surface area contributed by atoms with Gasteiger partial charge in [-0.25, -0.2) is 4.98 Å². The van der Waals surface area contributed by atoms with Gasteiger partial charge in [0.05, 0.1) is 12.8 Å². The van der Waals surface area contributed by atoms with Crippen LogP contribution < -0.4 is 10.1 Å². The first kappa shape index (κ1) is 12.5. The van der Waals surface area contributed by atoms with Crippen molar-refractivity contribution in [3.8, 4) is 5.75 Å². The normalized spacial score (nSPS) is 10.7. The minimum absolute atomic E-state index is 0.727. The van der Waals surface area contributed by atoms with Gasteiger partial charge >= 0.3 is 0 Å². The summed E-state index contributed by atoms with van der Waals surface area (Å²) in [5, 5.41) is 4.56. The van der Waals surface area contributed by atoms with E-state index in [4.69, 9.17) is 4.74 Å². The van der Waals surface area contributed by atoms with Gasteiger partial charge in [0.15, 0.2) is 0 Å². The summed E-state index contributed by atoms with van der Waals surface area (Å²) in [5.41, 5.74) is 4.29. The van der Waals surface area contributed by atoms with Crippen LogP contribution in [0.15, 0.2) is 42.7 Å². The smallest absolute Gasteiger partial charge is 0.142 e. The Kier molecular flexibility index (Phi) is 3.29. The van der Waals surface area contributed by atoms with Gasteiger partial charge in [-0.3, -0.25) is 0 Å². The number of benzene rings is 1. The Morgan fingerprint density at radius 2 is 2.20 bits per heavy atom. The van der Waals surface area contributed by atoms with E-state index >= 15 is 0 Å². The zero-order valence-electron chi connectivity index (χ0n) is 11.6. The molecule has 1 aromatic carbocycles. The molecular weight excluding hydrogens is 250 g/mol. The molecule has 3 aromatic rings. The molecule has 0 saturated heterocycles. The van der Waals surface area contributed by atoms with Gasteiger partial charge in [0, 0.05) is 24.3 Å². The highest BCUT2D eigenvalue weighted by Crippen LogP contribution is 2.26. The molecule has 20 heavy (non-hydrogen) atoms. The van der Waals surface area contributed by atoms with Gasteiger partial charge in [0.2, 0.25) is 0 Å². The summed E-state index contributed by atoms with van der Waals surface area (Å²) in [5.74, 6) is 0.864. The van der Waals surface area contributed by atoms with Gasteiger partial charge < -0.3 is 15.0 Å². The summed E-state index contributed by atoms with van der Waals surface area (Å²) in [6, 6.07) is 10.2. The van der Waals surface area contributed by atoms with E-state index in [2.05, 4.69) is 34.3 Å². The predicted octanol–water partition coefficient (Wildman–Crippen LogP) is 3.49. The van der Waals surface area contributed by atoms with Crippen LogP contribution in [0.4, 0.5) is 5.69 Å². The number of pyridine rings is 1. The van der Waals surface area contributed by atoms with Crippen LogP contribution in [0.5, 0.6) is 5.75 Å². The van der Waals surface area contributed by atoms with Gasteiger partial charge in [0.1, 0.15) is 11.4 Å². The van der Waals surface area contributed by atoms with Crippen molar-refractivity contribution in [3.05, 3.63) is 53.9 Å². The maximum atomic E-state index is 5.40. The van der Waals surface area contributed by atoms with Crippen LogP contribution in [0.25, 0.3) is 11.0 Å².